The Labute approximate surface area is 222 Å². The third-order valence-corrected chi connectivity index (χ3v) is 7.29. The van der Waals surface area contributed by atoms with Crippen molar-refractivity contribution in [3.8, 4) is 11.5 Å². The van der Waals surface area contributed by atoms with Gasteiger partial charge in [-0.05, 0) is 89.4 Å². The Bertz CT molecular complexity index is 1240. The van der Waals surface area contributed by atoms with E-state index in [1.165, 1.54) is 11.8 Å². The van der Waals surface area contributed by atoms with E-state index in [-0.39, 0.29) is 23.8 Å². The SMILES string of the molecule is CCOc1cc([C@H]2SCC(=O)N2c2ccc(Cl)cc2)cc(Br)c1OCC(=O)Nc1cccc(C)c1. The van der Waals surface area contributed by atoms with Gasteiger partial charge in [0.05, 0.1) is 16.8 Å². The molecule has 1 fully saturated rings. The molecule has 3 aromatic carbocycles. The number of carbonyl (C=O) groups is 2. The zero-order valence-electron chi connectivity index (χ0n) is 19.2. The first-order valence-corrected chi connectivity index (χ1v) is 13.2. The lowest BCUT2D eigenvalue weighted by Gasteiger charge is -2.25. The molecule has 4 rings (SSSR count). The smallest absolute Gasteiger partial charge is 0.262 e. The van der Waals surface area contributed by atoms with Crippen molar-refractivity contribution in [2.45, 2.75) is 19.2 Å². The maximum absolute atomic E-state index is 12.7. The summed E-state index contributed by atoms with van der Waals surface area (Å²) >= 11 is 11.1. The van der Waals surface area contributed by atoms with Crippen LogP contribution in [0.3, 0.4) is 0 Å². The second kappa shape index (κ2) is 11.4. The van der Waals surface area contributed by atoms with E-state index in [2.05, 4.69) is 21.2 Å². The summed E-state index contributed by atoms with van der Waals surface area (Å²) in [4.78, 5) is 26.9. The molecule has 0 aromatic heterocycles. The molecule has 0 spiro atoms. The molecule has 1 heterocycles. The molecule has 2 amide bonds. The van der Waals surface area contributed by atoms with Crippen molar-refractivity contribution in [3.63, 3.8) is 0 Å². The topological polar surface area (TPSA) is 67.9 Å². The lowest BCUT2D eigenvalue weighted by Crippen LogP contribution is -2.27. The molecule has 1 atom stereocenters. The predicted octanol–water partition coefficient (Wildman–Crippen LogP) is 6.61. The van der Waals surface area contributed by atoms with E-state index in [1.54, 1.807) is 17.0 Å². The maximum Gasteiger partial charge on any atom is 0.262 e. The summed E-state index contributed by atoms with van der Waals surface area (Å²) in [6.45, 7) is 4.07. The molecule has 9 heteroatoms. The van der Waals surface area contributed by atoms with Gasteiger partial charge in [0.2, 0.25) is 5.91 Å². The van der Waals surface area contributed by atoms with Crippen molar-refractivity contribution in [3.05, 3.63) is 81.3 Å². The number of hydrogen-bond donors (Lipinski definition) is 1. The van der Waals surface area contributed by atoms with Gasteiger partial charge in [-0.25, -0.2) is 0 Å². The summed E-state index contributed by atoms with van der Waals surface area (Å²) in [6, 6.07) is 18.5. The van der Waals surface area contributed by atoms with Crippen LogP contribution in [0.4, 0.5) is 11.4 Å². The molecule has 0 bridgehead atoms. The highest BCUT2D eigenvalue weighted by molar-refractivity contribution is 9.10. The lowest BCUT2D eigenvalue weighted by atomic mass is 10.1. The van der Waals surface area contributed by atoms with Gasteiger partial charge in [0.25, 0.3) is 5.91 Å². The first-order chi connectivity index (χ1) is 16.9. The summed E-state index contributed by atoms with van der Waals surface area (Å²) in [7, 11) is 0. The number of amides is 2. The fourth-order valence-corrected chi connectivity index (χ4v) is 5.60. The Balaban J connectivity index is 1.55. The molecule has 3 aromatic rings. The van der Waals surface area contributed by atoms with E-state index < -0.39 is 0 Å². The number of nitrogens with one attached hydrogen (secondary N) is 1. The van der Waals surface area contributed by atoms with Crippen molar-refractivity contribution in [1.29, 1.82) is 0 Å². The molecule has 0 aliphatic carbocycles. The molecule has 0 radical (unpaired) electrons. The number of benzene rings is 3. The van der Waals surface area contributed by atoms with Crippen LogP contribution in [0.1, 0.15) is 23.4 Å². The van der Waals surface area contributed by atoms with Crippen LogP contribution in [0.5, 0.6) is 11.5 Å². The van der Waals surface area contributed by atoms with Crippen LogP contribution >= 0.6 is 39.3 Å². The third-order valence-electron chi connectivity index (χ3n) is 5.24. The van der Waals surface area contributed by atoms with Gasteiger partial charge in [0.15, 0.2) is 18.1 Å². The van der Waals surface area contributed by atoms with Crippen LogP contribution in [0, 0.1) is 6.92 Å². The number of nitrogens with zero attached hydrogens (tertiary/aromatic N) is 1. The fraction of sp³-hybridized carbons (Fsp3) is 0.231. The number of aryl methyl sites for hydroxylation is 1. The minimum Gasteiger partial charge on any atom is -0.490 e. The van der Waals surface area contributed by atoms with Crippen molar-refractivity contribution in [1.82, 2.24) is 0 Å². The highest BCUT2D eigenvalue weighted by Crippen LogP contribution is 2.46. The zero-order valence-corrected chi connectivity index (χ0v) is 22.4. The predicted molar refractivity (Wildman–Crippen MR) is 145 cm³/mol. The zero-order chi connectivity index (χ0) is 24.9. The van der Waals surface area contributed by atoms with E-state index in [4.69, 9.17) is 21.1 Å². The van der Waals surface area contributed by atoms with Gasteiger partial charge >= 0.3 is 0 Å². The number of carbonyl (C=O) groups excluding carboxylic acids is 2. The summed E-state index contributed by atoms with van der Waals surface area (Å²) in [5.74, 6) is 1.04. The van der Waals surface area contributed by atoms with Crippen LogP contribution in [0.15, 0.2) is 65.1 Å². The minimum absolute atomic E-state index is 0.0181. The Morgan fingerprint density at radius 3 is 2.66 bits per heavy atom. The quantitative estimate of drug-likeness (QED) is 0.328. The fourth-order valence-electron chi connectivity index (χ4n) is 3.74. The van der Waals surface area contributed by atoms with Crippen LogP contribution in [0.25, 0.3) is 0 Å². The van der Waals surface area contributed by atoms with Crippen LogP contribution in [0.2, 0.25) is 5.02 Å². The molecule has 1 saturated heterocycles. The first kappa shape index (κ1) is 25.4. The average Bonchev–Trinajstić information content (AvgIpc) is 3.20. The number of thioether (sulfide) groups is 1. The molecule has 1 aliphatic heterocycles. The van der Waals surface area contributed by atoms with Crippen LogP contribution in [-0.2, 0) is 9.59 Å². The molecule has 1 N–H and O–H groups in total. The van der Waals surface area contributed by atoms with E-state index in [0.29, 0.717) is 39.0 Å². The number of hydrogen-bond acceptors (Lipinski definition) is 5. The van der Waals surface area contributed by atoms with E-state index in [9.17, 15) is 9.59 Å². The second-order valence-electron chi connectivity index (χ2n) is 7.87. The molecule has 0 saturated carbocycles. The standard InChI is InChI=1S/C26H24BrClN2O4S/c1-3-33-22-13-17(26-30(24(32)15-35-26)20-9-7-18(28)8-10-20)12-21(27)25(22)34-14-23(31)29-19-6-4-5-16(2)11-19/h4-13,26H,3,14-15H2,1-2H3,(H,29,31)/t26-/m1/s1. The van der Waals surface area contributed by atoms with Crippen molar-refractivity contribution in [2.75, 3.05) is 29.2 Å². The molecule has 1 aliphatic rings. The number of ether oxygens (including phenoxy) is 2. The second-order valence-corrected chi connectivity index (χ2v) is 10.2. The lowest BCUT2D eigenvalue weighted by molar-refractivity contribution is -0.118. The van der Waals surface area contributed by atoms with Crippen molar-refractivity contribution >= 4 is 62.5 Å². The Kier molecular flexibility index (Phi) is 8.26. The number of anilines is 2. The summed E-state index contributed by atoms with van der Waals surface area (Å²) in [5.41, 5.74) is 3.42. The van der Waals surface area contributed by atoms with Gasteiger partial charge in [-0.1, -0.05) is 23.7 Å². The van der Waals surface area contributed by atoms with Gasteiger partial charge < -0.3 is 14.8 Å². The van der Waals surface area contributed by atoms with Crippen LogP contribution < -0.4 is 19.7 Å². The van der Waals surface area contributed by atoms with Gasteiger partial charge in [0, 0.05) is 16.4 Å². The number of halogens is 2. The van der Waals surface area contributed by atoms with Crippen LogP contribution in [-0.4, -0.2) is 30.8 Å². The van der Waals surface area contributed by atoms with Gasteiger partial charge in [-0.3, -0.25) is 14.5 Å². The summed E-state index contributed by atoms with van der Waals surface area (Å²) in [5, 5.41) is 3.21. The Morgan fingerprint density at radius 2 is 1.94 bits per heavy atom. The van der Waals surface area contributed by atoms with Gasteiger partial charge in [-0.15, -0.1) is 11.8 Å². The third kappa shape index (κ3) is 6.12. The highest BCUT2D eigenvalue weighted by atomic mass is 79.9. The van der Waals surface area contributed by atoms with Gasteiger partial charge in [-0.2, -0.15) is 0 Å². The maximum atomic E-state index is 12.7. The van der Waals surface area contributed by atoms with Crippen molar-refractivity contribution in [2.24, 2.45) is 0 Å². The Morgan fingerprint density at radius 1 is 1.17 bits per heavy atom. The van der Waals surface area contributed by atoms with Gasteiger partial charge in [0.1, 0.15) is 5.37 Å². The largest absolute Gasteiger partial charge is 0.490 e. The van der Waals surface area contributed by atoms with E-state index >= 15 is 0 Å². The summed E-state index contributed by atoms with van der Waals surface area (Å²) in [6.07, 6.45) is 0. The molecular weight excluding hydrogens is 552 g/mol. The minimum atomic E-state index is -0.278. The molecule has 6 nitrogen and oxygen atoms in total. The average molecular weight is 576 g/mol. The molecular formula is C26H24BrClN2O4S. The number of rotatable bonds is 8. The summed E-state index contributed by atoms with van der Waals surface area (Å²) < 4.78 is 12.4. The van der Waals surface area contributed by atoms with E-state index in [1.807, 2.05) is 62.4 Å². The molecule has 35 heavy (non-hydrogen) atoms. The Hall–Kier alpha value is -2.68. The first-order valence-electron chi connectivity index (χ1n) is 11.0. The van der Waals surface area contributed by atoms with E-state index in [0.717, 1.165) is 16.8 Å². The van der Waals surface area contributed by atoms with Crippen molar-refractivity contribution < 1.29 is 19.1 Å². The molecule has 0 unspecified atom stereocenters. The monoisotopic (exact) mass is 574 g/mol. The normalized spacial score (nSPS) is 15.3. The highest BCUT2D eigenvalue weighted by Gasteiger charge is 2.35. The molecule has 182 valence electrons.